The molecular formula is C17H21N3O3. The Balaban J connectivity index is 1.43. The quantitative estimate of drug-likeness (QED) is 0.845. The molecule has 1 amide bonds. The van der Waals surface area contributed by atoms with Crippen molar-refractivity contribution in [3.8, 4) is 0 Å². The molecule has 1 atom stereocenters. The number of fused-ring (bicyclic) bond motifs is 1. The van der Waals surface area contributed by atoms with Gasteiger partial charge < -0.3 is 14.6 Å². The van der Waals surface area contributed by atoms with Crippen LogP contribution in [-0.2, 0) is 29.0 Å². The van der Waals surface area contributed by atoms with Gasteiger partial charge in [0.25, 0.3) is 0 Å². The summed E-state index contributed by atoms with van der Waals surface area (Å²) in [6, 6.07) is 8.39. The van der Waals surface area contributed by atoms with Gasteiger partial charge in [0.05, 0.1) is 0 Å². The molecule has 3 rings (SSSR count). The van der Waals surface area contributed by atoms with E-state index in [4.69, 9.17) is 9.26 Å². The normalized spacial score (nSPS) is 16.3. The van der Waals surface area contributed by atoms with E-state index in [0.717, 1.165) is 12.8 Å². The summed E-state index contributed by atoms with van der Waals surface area (Å²) in [5.41, 5.74) is 2.70. The monoisotopic (exact) mass is 315 g/mol. The number of aryl methyl sites for hydroxylation is 1. The molecule has 0 saturated carbocycles. The first-order chi connectivity index (χ1) is 11.3. The van der Waals surface area contributed by atoms with Gasteiger partial charge in [0.15, 0.2) is 5.82 Å². The van der Waals surface area contributed by atoms with Crippen molar-refractivity contribution in [2.75, 3.05) is 13.7 Å². The lowest BCUT2D eigenvalue weighted by Crippen LogP contribution is -2.26. The number of rotatable bonds is 7. The van der Waals surface area contributed by atoms with Gasteiger partial charge in [-0.2, -0.15) is 4.98 Å². The SMILES string of the molecule is COCc1noc(CCNC(=O)CC2CCc3ccccc32)n1. The highest BCUT2D eigenvalue weighted by atomic mass is 16.5. The molecule has 0 radical (unpaired) electrons. The number of nitrogens with zero attached hydrogens (tertiary/aromatic N) is 2. The van der Waals surface area contributed by atoms with E-state index in [2.05, 4.69) is 33.7 Å². The predicted molar refractivity (Wildman–Crippen MR) is 83.8 cm³/mol. The molecule has 0 saturated heterocycles. The fourth-order valence-electron chi connectivity index (χ4n) is 3.04. The summed E-state index contributed by atoms with van der Waals surface area (Å²) in [6.07, 6.45) is 3.19. The average molecular weight is 315 g/mol. The first-order valence-electron chi connectivity index (χ1n) is 7.91. The van der Waals surface area contributed by atoms with Crippen molar-refractivity contribution in [1.29, 1.82) is 0 Å². The molecule has 0 bridgehead atoms. The summed E-state index contributed by atoms with van der Waals surface area (Å²) in [6.45, 7) is 0.832. The Morgan fingerprint density at radius 3 is 3.17 bits per heavy atom. The Kier molecular flexibility index (Phi) is 5.02. The van der Waals surface area contributed by atoms with Crippen LogP contribution in [0, 0.1) is 0 Å². The van der Waals surface area contributed by atoms with Crippen molar-refractivity contribution in [1.82, 2.24) is 15.5 Å². The van der Waals surface area contributed by atoms with Gasteiger partial charge in [-0.3, -0.25) is 4.79 Å². The number of nitrogens with one attached hydrogen (secondary N) is 1. The number of methoxy groups -OCH3 is 1. The zero-order valence-electron chi connectivity index (χ0n) is 13.2. The number of hydrogen-bond donors (Lipinski definition) is 1. The third kappa shape index (κ3) is 3.96. The minimum atomic E-state index is 0.0725. The van der Waals surface area contributed by atoms with Gasteiger partial charge in [0.2, 0.25) is 11.8 Å². The number of hydrogen-bond acceptors (Lipinski definition) is 5. The maximum absolute atomic E-state index is 12.1. The first-order valence-corrected chi connectivity index (χ1v) is 7.91. The van der Waals surface area contributed by atoms with E-state index in [0.29, 0.717) is 43.6 Å². The van der Waals surface area contributed by atoms with Crippen LogP contribution in [0.4, 0.5) is 0 Å². The van der Waals surface area contributed by atoms with Crippen molar-refractivity contribution in [3.63, 3.8) is 0 Å². The van der Waals surface area contributed by atoms with Crippen LogP contribution < -0.4 is 5.32 Å². The van der Waals surface area contributed by atoms with E-state index >= 15 is 0 Å². The maximum atomic E-state index is 12.1. The number of carbonyl (C=O) groups excluding carboxylic acids is 1. The highest BCUT2D eigenvalue weighted by Crippen LogP contribution is 2.34. The summed E-state index contributed by atoms with van der Waals surface area (Å²) in [5.74, 6) is 1.45. The second-order valence-corrected chi connectivity index (χ2v) is 5.78. The Labute approximate surface area is 135 Å². The summed E-state index contributed by atoms with van der Waals surface area (Å²) in [4.78, 5) is 16.3. The van der Waals surface area contributed by atoms with Crippen molar-refractivity contribution in [3.05, 3.63) is 47.1 Å². The maximum Gasteiger partial charge on any atom is 0.228 e. The van der Waals surface area contributed by atoms with Crippen molar-refractivity contribution < 1.29 is 14.1 Å². The minimum Gasteiger partial charge on any atom is -0.377 e. The zero-order valence-corrected chi connectivity index (χ0v) is 13.2. The molecule has 1 aliphatic rings. The topological polar surface area (TPSA) is 77.3 Å². The molecule has 1 heterocycles. The number of carbonyl (C=O) groups is 1. The van der Waals surface area contributed by atoms with Gasteiger partial charge in [-0.05, 0) is 29.9 Å². The number of amides is 1. The van der Waals surface area contributed by atoms with Crippen LogP contribution in [0.15, 0.2) is 28.8 Å². The molecule has 122 valence electrons. The summed E-state index contributed by atoms with van der Waals surface area (Å²) in [7, 11) is 1.58. The standard InChI is InChI=1S/C17H21N3O3/c1-22-11-15-19-17(23-20-15)8-9-18-16(21)10-13-7-6-12-4-2-3-5-14(12)13/h2-5,13H,6-11H2,1H3,(H,18,21). The molecule has 0 spiro atoms. The molecule has 1 aromatic carbocycles. The van der Waals surface area contributed by atoms with Crippen LogP contribution in [0.2, 0.25) is 0 Å². The fraction of sp³-hybridized carbons (Fsp3) is 0.471. The Bertz CT molecular complexity index is 669. The van der Waals surface area contributed by atoms with Crippen LogP contribution in [-0.4, -0.2) is 29.7 Å². The lowest BCUT2D eigenvalue weighted by molar-refractivity contribution is -0.121. The predicted octanol–water partition coefficient (Wildman–Crippen LogP) is 1.99. The highest BCUT2D eigenvalue weighted by Gasteiger charge is 2.24. The van der Waals surface area contributed by atoms with Gasteiger partial charge in [0, 0.05) is 26.5 Å². The van der Waals surface area contributed by atoms with Gasteiger partial charge in [-0.25, -0.2) is 0 Å². The van der Waals surface area contributed by atoms with Crippen LogP contribution >= 0.6 is 0 Å². The van der Waals surface area contributed by atoms with E-state index in [1.54, 1.807) is 7.11 Å². The number of benzene rings is 1. The molecule has 1 aromatic heterocycles. The Hall–Kier alpha value is -2.21. The Morgan fingerprint density at radius 1 is 1.43 bits per heavy atom. The van der Waals surface area contributed by atoms with E-state index in [9.17, 15) is 4.79 Å². The lowest BCUT2D eigenvalue weighted by Gasteiger charge is -2.11. The Morgan fingerprint density at radius 2 is 2.30 bits per heavy atom. The van der Waals surface area contributed by atoms with Gasteiger partial charge in [-0.1, -0.05) is 29.4 Å². The lowest BCUT2D eigenvalue weighted by atomic mass is 9.97. The van der Waals surface area contributed by atoms with Gasteiger partial charge >= 0.3 is 0 Å². The molecule has 6 heteroatoms. The largest absolute Gasteiger partial charge is 0.377 e. The molecule has 1 N–H and O–H groups in total. The van der Waals surface area contributed by atoms with E-state index in [-0.39, 0.29) is 5.91 Å². The molecule has 0 fully saturated rings. The first kappa shape index (κ1) is 15.7. The van der Waals surface area contributed by atoms with Crippen LogP contribution in [0.5, 0.6) is 0 Å². The molecule has 2 aromatic rings. The molecule has 1 aliphatic carbocycles. The van der Waals surface area contributed by atoms with Gasteiger partial charge in [0.1, 0.15) is 6.61 Å². The average Bonchev–Trinajstić information content (AvgIpc) is 3.16. The third-order valence-corrected chi connectivity index (χ3v) is 4.13. The minimum absolute atomic E-state index is 0.0725. The highest BCUT2D eigenvalue weighted by molar-refractivity contribution is 5.77. The molecule has 23 heavy (non-hydrogen) atoms. The smallest absolute Gasteiger partial charge is 0.228 e. The molecule has 6 nitrogen and oxygen atoms in total. The third-order valence-electron chi connectivity index (χ3n) is 4.13. The number of aromatic nitrogens is 2. The van der Waals surface area contributed by atoms with Crippen molar-refractivity contribution in [2.45, 2.75) is 38.2 Å². The van der Waals surface area contributed by atoms with Crippen LogP contribution in [0.25, 0.3) is 0 Å². The second kappa shape index (κ2) is 7.37. The van der Waals surface area contributed by atoms with E-state index in [1.165, 1.54) is 11.1 Å². The van der Waals surface area contributed by atoms with E-state index in [1.807, 2.05) is 6.07 Å². The fourth-order valence-corrected chi connectivity index (χ4v) is 3.04. The zero-order chi connectivity index (χ0) is 16.1. The number of ether oxygens (including phenoxy) is 1. The molecule has 1 unspecified atom stereocenters. The molecule has 0 aliphatic heterocycles. The second-order valence-electron chi connectivity index (χ2n) is 5.78. The van der Waals surface area contributed by atoms with Crippen LogP contribution in [0.3, 0.4) is 0 Å². The van der Waals surface area contributed by atoms with Crippen molar-refractivity contribution >= 4 is 5.91 Å². The van der Waals surface area contributed by atoms with Crippen LogP contribution in [0.1, 0.15) is 41.6 Å². The van der Waals surface area contributed by atoms with E-state index < -0.39 is 0 Å². The van der Waals surface area contributed by atoms with Crippen molar-refractivity contribution in [2.24, 2.45) is 0 Å². The summed E-state index contributed by atoms with van der Waals surface area (Å²) >= 11 is 0. The van der Waals surface area contributed by atoms with Gasteiger partial charge in [-0.15, -0.1) is 0 Å². The summed E-state index contributed by atoms with van der Waals surface area (Å²) in [5, 5.41) is 6.72. The molecular weight excluding hydrogens is 294 g/mol. The summed E-state index contributed by atoms with van der Waals surface area (Å²) < 4.78 is 10.0.